The molecule has 108 valence electrons. The van der Waals surface area contributed by atoms with Crippen LogP contribution < -0.4 is 0 Å². The minimum absolute atomic E-state index is 0.396. The van der Waals surface area contributed by atoms with Gasteiger partial charge in [0.2, 0.25) is 0 Å². The molecule has 0 bridgehead atoms. The number of hydrogen-bond donors (Lipinski definition) is 0. The van der Waals surface area contributed by atoms with Crippen molar-refractivity contribution in [3.05, 3.63) is 56.5 Å². The summed E-state index contributed by atoms with van der Waals surface area (Å²) in [6.45, 7) is 4.70. The van der Waals surface area contributed by atoms with E-state index in [0.29, 0.717) is 11.3 Å². The molecular weight excluding hydrogens is 399 g/mol. The number of rotatable bonds is 5. The van der Waals surface area contributed by atoms with Crippen LogP contribution in [0.1, 0.15) is 25.0 Å². The summed E-state index contributed by atoms with van der Waals surface area (Å²) in [6.07, 6.45) is 6.30. The molecule has 1 aliphatic rings. The predicted molar refractivity (Wildman–Crippen MR) is 95.5 cm³/mol. The van der Waals surface area contributed by atoms with Crippen LogP contribution >= 0.6 is 43.5 Å². The van der Waals surface area contributed by atoms with Crippen molar-refractivity contribution >= 4 is 43.5 Å². The standard InChI is InChI=1S/C17H19Br2Cl/c1-17(2)14(15(17)11-16(18)19)10-13-7-5-12(6-8-13)4-3-9-20/h3,5-9,11,14-15H,4,10H2,1-2H3/t14-,15+/m1/s1. The number of halogens is 3. The highest BCUT2D eigenvalue weighted by Gasteiger charge is 2.55. The van der Waals surface area contributed by atoms with Gasteiger partial charge in [-0.15, -0.1) is 0 Å². The zero-order valence-electron chi connectivity index (χ0n) is 11.7. The van der Waals surface area contributed by atoms with Crippen molar-refractivity contribution in [1.29, 1.82) is 0 Å². The molecule has 20 heavy (non-hydrogen) atoms. The SMILES string of the molecule is CC1(C)[C@H](Cc2ccc(CC=CCl)cc2)[C@@H]1C=C(Br)Br. The van der Waals surface area contributed by atoms with E-state index >= 15 is 0 Å². The van der Waals surface area contributed by atoms with Crippen LogP contribution in [0.25, 0.3) is 0 Å². The maximum atomic E-state index is 5.56. The van der Waals surface area contributed by atoms with Crippen molar-refractivity contribution in [2.24, 2.45) is 17.3 Å². The molecule has 0 saturated heterocycles. The van der Waals surface area contributed by atoms with E-state index < -0.39 is 0 Å². The number of benzene rings is 1. The molecule has 0 N–H and O–H groups in total. The van der Waals surface area contributed by atoms with Gasteiger partial charge in [0.15, 0.2) is 0 Å². The fourth-order valence-corrected chi connectivity index (χ4v) is 3.55. The fraction of sp³-hybridized carbons (Fsp3) is 0.412. The summed E-state index contributed by atoms with van der Waals surface area (Å²) >= 11 is 12.5. The van der Waals surface area contributed by atoms with Gasteiger partial charge >= 0.3 is 0 Å². The van der Waals surface area contributed by atoms with Gasteiger partial charge in [-0.25, -0.2) is 0 Å². The van der Waals surface area contributed by atoms with Crippen LogP contribution in [0.15, 0.2) is 45.3 Å². The molecule has 0 heterocycles. The third-order valence-electron chi connectivity index (χ3n) is 4.37. The highest BCUT2D eigenvalue weighted by atomic mass is 79.9. The van der Waals surface area contributed by atoms with Gasteiger partial charge in [0.25, 0.3) is 0 Å². The van der Waals surface area contributed by atoms with Gasteiger partial charge in [0.05, 0.1) is 3.39 Å². The molecule has 1 aromatic rings. The first kappa shape index (κ1) is 16.3. The Morgan fingerprint density at radius 2 is 1.80 bits per heavy atom. The molecule has 2 atom stereocenters. The van der Waals surface area contributed by atoms with Gasteiger partial charge in [0, 0.05) is 5.54 Å². The second kappa shape index (κ2) is 6.81. The van der Waals surface area contributed by atoms with Gasteiger partial charge in [-0.3, -0.25) is 0 Å². The van der Waals surface area contributed by atoms with E-state index in [1.54, 1.807) is 5.54 Å². The lowest BCUT2D eigenvalue weighted by Crippen LogP contribution is -1.95. The number of hydrogen-bond acceptors (Lipinski definition) is 0. The largest absolute Gasteiger partial charge is 0.0933 e. The Hall–Kier alpha value is -0.0500. The molecule has 3 heteroatoms. The van der Waals surface area contributed by atoms with E-state index in [0.717, 1.165) is 22.2 Å². The van der Waals surface area contributed by atoms with Crippen molar-refractivity contribution in [2.75, 3.05) is 0 Å². The maximum Gasteiger partial charge on any atom is 0.0567 e. The summed E-state index contributed by atoms with van der Waals surface area (Å²) in [5.74, 6) is 1.37. The van der Waals surface area contributed by atoms with E-state index in [1.165, 1.54) is 11.1 Å². The average molecular weight is 419 g/mol. The molecule has 0 amide bonds. The zero-order chi connectivity index (χ0) is 14.8. The molecule has 0 radical (unpaired) electrons. The van der Waals surface area contributed by atoms with Crippen LogP contribution in [-0.2, 0) is 12.8 Å². The van der Waals surface area contributed by atoms with Crippen LogP contribution in [-0.4, -0.2) is 0 Å². The Bertz CT molecular complexity index is 510. The molecule has 0 unspecified atom stereocenters. The lowest BCUT2D eigenvalue weighted by Gasteiger charge is -2.04. The molecule has 2 rings (SSSR count). The van der Waals surface area contributed by atoms with Crippen LogP contribution in [0.2, 0.25) is 0 Å². The molecule has 0 spiro atoms. The van der Waals surface area contributed by atoms with E-state index in [-0.39, 0.29) is 0 Å². The average Bonchev–Trinajstić information content (AvgIpc) is 2.89. The summed E-state index contributed by atoms with van der Waals surface area (Å²) in [5.41, 5.74) is 4.70. The van der Waals surface area contributed by atoms with Crippen LogP contribution in [0.4, 0.5) is 0 Å². The minimum atomic E-state index is 0.396. The smallest absolute Gasteiger partial charge is 0.0567 e. The second-order valence-electron chi connectivity index (χ2n) is 6.00. The Morgan fingerprint density at radius 1 is 1.20 bits per heavy atom. The molecule has 0 aliphatic heterocycles. The van der Waals surface area contributed by atoms with Crippen LogP contribution in [0.3, 0.4) is 0 Å². The van der Waals surface area contributed by atoms with E-state index in [1.807, 2.05) is 6.08 Å². The quantitative estimate of drug-likeness (QED) is 0.517. The molecule has 1 aliphatic carbocycles. The lowest BCUT2D eigenvalue weighted by molar-refractivity contribution is 0.549. The first-order chi connectivity index (χ1) is 9.45. The monoisotopic (exact) mass is 416 g/mol. The summed E-state index contributed by atoms with van der Waals surface area (Å²) in [5, 5.41) is 0. The van der Waals surface area contributed by atoms with Gasteiger partial charge in [-0.1, -0.05) is 61.9 Å². The topological polar surface area (TPSA) is 0 Å². The first-order valence-corrected chi connectivity index (χ1v) is 8.83. The summed E-state index contributed by atoms with van der Waals surface area (Å²) in [6, 6.07) is 8.89. The fourth-order valence-electron chi connectivity index (χ4n) is 2.89. The van der Waals surface area contributed by atoms with Gasteiger partial charge < -0.3 is 0 Å². The van der Waals surface area contributed by atoms with Gasteiger partial charge in [-0.05, 0) is 73.1 Å². The zero-order valence-corrected chi connectivity index (χ0v) is 15.7. The van der Waals surface area contributed by atoms with Gasteiger partial charge in [0.1, 0.15) is 0 Å². The van der Waals surface area contributed by atoms with E-state index in [9.17, 15) is 0 Å². The normalized spacial score (nSPS) is 23.9. The predicted octanol–water partition coefficient (Wildman–Crippen LogP) is 6.43. The Kier molecular flexibility index (Phi) is 5.56. The first-order valence-electron chi connectivity index (χ1n) is 6.81. The Labute approximate surface area is 143 Å². The molecule has 0 aromatic heterocycles. The van der Waals surface area contributed by atoms with Crippen molar-refractivity contribution in [3.63, 3.8) is 0 Å². The Balaban J connectivity index is 1.99. The molecule has 0 nitrogen and oxygen atoms in total. The molecule has 1 saturated carbocycles. The van der Waals surface area contributed by atoms with Crippen molar-refractivity contribution in [2.45, 2.75) is 26.7 Å². The number of allylic oxidation sites excluding steroid dienone is 2. The minimum Gasteiger partial charge on any atom is -0.0933 e. The maximum absolute atomic E-state index is 5.56. The Morgan fingerprint density at radius 3 is 2.35 bits per heavy atom. The van der Waals surface area contributed by atoms with Crippen molar-refractivity contribution < 1.29 is 0 Å². The summed E-state index contributed by atoms with van der Waals surface area (Å²) in [4.78, 5) is 0. The third-order valence-corrected chi connectivity index (χ3v) is 5.07. The van der Waals surface area contributed by atoms with E-state index in [4.69, 9.17) is 11.6 Å². The molecule has 1 aromatic carbocycles. The molecular formula is C17H19Br2Cl. The molecule has 1 fully saturated rings. The van der Waals surface area contributed by atoms with Gasteiger partial charge in [-0.2, -0.15) is 0 Å². The van der Waals surface area contributed by atoms with Crippen LogP contribution in [0.5, 0.6) is 0 Å². The summed E-state index contributed by atoms with van der Waals surface area (Å²) < 4.78 is 1.06. The second-order valence-corrected chi connectivity index (χ2v) is 9.02. The van der Waals surface area contributed by atoms with Crippen molar-refractivity contribution in [3.8, 4) is 0 Å². The highest BCUT2D eigenvalue weighted by molar-refractivity contribution is 9.28. The lowest BCUT2D eigenvalue weighted by atomic mass is 10.0. The summed E-state index contributed by atoms with van der Waals surface area (Å²) in [7, 11) is 0. The van der Waals surface area contributed by atoms with Crippen LogP contribution in [0, 0.1) is 17.3 Å². The van der Waals surface area contributed by atoms with E-state index in [2.05, 4.69) is 76.0 Å². The third kappa shape index (κ3) is 3.99. The van der Waals surface area contributed by atoms with Crippen molar-refractivity contribution in [1.82, 2.24) is 0 Å². The highest BCUT2D eigenvalue weighted by Crippen LogP contribution is 2.61.